The van der Waals surface area contributed by atoms with Crippen LogP contribution in [0.1, 0.15) is 16.7 Å². The summed E-state index contributed by atoms with van der Waals surface area (Å²) >= 11 is 12.0. The van der Waals surface area contributed by atoms with Crippen LogP contribution < -0.4 is 15.4 Å². The van der Waals surface area contributed by atoms with Crippen molar-refractivity contribution in [1.82, 2.24) is 0 Å². The molecule has 34 heavy (non-hydrogen) atoms. The maximum atomic E-state index is 12.6. The summed E-state index contributed by atoms with van der Waals surface area (Å²) in [6.07, 6.45) is 1.36. The fourth-order valence-electron chi connectivity index (χ4n) is 3.00. The summed E-state index contributed by atoms with van der Waals surface area (Å²) < 4.78 is 5.68. The summed E-state index contributed by atoms with van der Waals surface area (Å²) in [5.74, 6) is -0.657. The second kappa shape index (κ2) is 11.4. The van der Waals surface area contributed by atoms with E-state index in [4.69, 9.17) is 27.9 Å². The predicted octanol–water partition coefficient (Wildman–Crippen LogP) is 6.17. The molecule has 2 N–H and O–H groups in total. The van der Waals surface area contributed by atoms with Gasteiger partial charge in [0.15, 0.2) is 6.61 Å². The third-order valence-electron chi connectivity index (χ3n) is 4.76. The van der Waals surface area contributed by atoms with Crippen LogP contribution in [-0.2, 0) is 9.59 Å². The number of nitrogens with one attached hydrogen (secondary N) is 2. The average Bonchev–Trinajstić information content (AvgIpc) is 2.80. The molecule has 0 heterocycles. The fraction of sp³-hybridized carbons (Fsp3) is 0.115. The van der Waals surface area contributed by atoms with Gasteiger partial charge in [-0.25, -0.2) is 0 Å². The van der Waals surface area contributed by atoms with Crippen molar-refractivity contribution in [3.63, 3.8) is 0 Å². The SMILES string of the molecule is Cc1ccc(C)c(NC(=O)COc2ccc(Cl)cc2/C=C(/C#N)C(=O)Nc2ccc(Cl)cc2)c1. The lowest BCUT2D eigenvalue weighted by Gasteiger charge is -2.12. The topological polar surface area (TPSA) is 91.2 Å². The molecule has 8 heteroatoms. The molecular formula is C26H21Cl2N3O3. The molecule has 3 aromatic carbocycles. The lowest BCUT2D eigenvalue weighted by molar-refractivity contribution is -0.118. The summed E-state index contributed by atoms with van der Waals surface area (Å²) in [5.41, 5.74) is 3.36. The molecule has 0 saturated heterocycles. The molecule has 0 aliphatic carbocycles. The van der Waals surface area contributed by atoms with Crippen LogP contribution in [0.3, 0.4) is 0 Å². The zero-order chi connectivity index (χ0) is 24.7. The summed E-state index contributed by atoms with van der Waals surface area (Å²) in [7, 11) is 0. The Morgan fingerprint density at radius 2 is 1.68 bits per heavy atom. The average molecular weight is 494 g/mol. The Morgan fingerprint density at radius 1 is 0.971 bits per heavy atom. The summed E-state index contributed by atoms with van der Waals surface area (Å²) in [4.78, 5) is 25.0. The van der Waals surface area contributed by atoms with E-state index in [1.54, 1.807) is 42.5 Å². The number of hydrogen-bond acceptors (Lipinski definition) is 4. The molecule has 6 nitrogen and oxygen atoms in total. The summed E-state index contributed by atoms with van der Waals surface area (Å²) in [6.45, 7) is 3.57. The van der Waals surface area contributed by atoms with Gasteiger partial charge in [0, 0.05) is 27.0 Å². The molecule has 0 bridgehead atoms. The van der Waals surface area contributed by atoms with Crippen LogP contribution in [0.5, 0.6) is 5.75 Å². The molecule has 0 fully saturated rings. The van der Waals surface area contributed by atoms with E-state index in [0.717, 1.165) is 11.1 Å². The third kappa shape index (κ3) is 6.85. The van der Waals surface area contributed by atoms with Crippen LogP contribution in [0.2, 0.25) is 10.0 Å². The van der Waals surface area contributed by atoms with Crippen LogP contribution >= 0.6 is 23.2 Å². The number of ether oxygens (including phenoxy) is 1. The number of hydrogen-bond donors (Lipinski definition) is 2. The minimum atomic E-state index is -0.608. The van der Waals surface area contributed by atoms with Crippen LogP contribution in [-0.4, -0.2) is 18.4 Å². The second-order valence-electron chi connectivity index (χ2n) is 7.47. The van der Waals surface area contributed by atoms with Gasteiger partial charge in [0.25, 0.3) is 11.8 Å². The van der Waals surface area contributed by atoms with E-state index < -0.39 is 5.91 Å². The van der Waals surface area contributed by atoms with E-state index >= 15 is 0 Å². The molecule has 172 valence electrons. The van der Waals surface area contributed by atoms with E-state index in [2.05, 4.69) is 10.6 Å². The van der Waals surface area contributed by atoms with Crippen molar-refractivity contribution in [3.8, 4) is 11.8 Å². The highest BCUT2D eigenvalue weighted by atomic mass is 35.5. The molecule has 0 radical (unpaired) electrons. The van der Waals surface area contributed by atoms with E-state index in [1.165, 1.54) is 6.08 Å². The van der Waals surface area contributed by atoms with Crippen molar-refractivity contribution < 1.29 is 14.3 Å². The Labute approximate surface area is 207 Å². The highest BCUT2D eigenvalue weighted by Crippen LogP contribution is 2.26. The number of halogens is 2. The standard InChI is InChI=1S/C26H21Cl2N3O3/c1-16-3-4-17(2)23(11-16)31-25(32)15-34-24-10-7-21(28)13-18(24)12-19(14-29)26(33)30-22-8-5-20(27)6-9-22/h3-13H,15H2,1-2H3,(H,30,33)(H,31,32)/b19-12-. The molecule has 0 spiro atoms. The highest BCUT2D eigenvalue weighted by Gasteiger charge is 2.13. The van der Waals surface area contributed by atoms with Crippen molar-refractivity contribution >= 4 is 52.5 Å². The Bertz CT molecular complexity index is 1300. The summed E-state index contributed by atoms with van der Waals surface area (Å²) in [5, 5.41) is 15.9. The number of anilines is 2. The highest BCUT2D eigenvalue weighted by molar-refractivity contribution is 6.31. The zero-order valence-electron chi connectivity index (χ0n) is 18.5. The number of rotatable bonds is 7. The fourth-order valence-corrected chi connectivity index (χ4v) is 3.31. The maximum Gasteiger partial charge on any atom is 0.266 e. The van der Waals surface area contributed by atoms with Gasteiger partial charge in [-0.2, -0.15) is 5.26 Å². The van der Waals surface area contributed by atoms with Gasteiger partial charge in [0.05, 0.1) is 0 Å². The number of amides is 2. The first kappa shape index (κ1) is 24.8. The molecule has 0 aromatic heterocycles. The smallest absolute Gasteiger partial charge is 0.266 e. The van der Waals surface area contributed by atoms with Gasteiger partial charge in [-0.15, -0.1) is 0 Å². The van der Waals surface area contributed by atoms with Crippen LogP contribution in [0.15, 0.2) is 66.2 Å². The molecule has 0 atom stereocenters. The monoisotopic (exact) mass is 493 g/mol. The van der Waals surface area contributed by atoms with E-state index in [9.17, 15) is 14.9 Å². The molecular weight excluding hydrogens is 473 g/mol. The molecule has 3 aromatic rings. The Balaban J connectivity index is 1.75. The first-order chi connectivity index (χ1) is 16.2. The van der Waals surface area contributed by atoms with Crippen molar-refractivity contribution in [1.29, 1.82) is 5.26 Å². The lowest BCUT2D eigenvalue weighted by atomic mass is 10.1. The third-order valence-corrected chi connectivity index (χ3v) is 5.25. The molecule has 0 aliphatic rings. The normalized spacial score (nSPS) is 10.9. The second-order valence-corrected chi connectivity index (χ2v) is 8.34. The van der Waals surface area contributed by atoms with Crippen LogP contribution in [0.25, 0.3) is 6.08 Å². The number of aryl methyl sites for hydroxylation is 2. The van der Waals surface area contributed by atoms with E-state index in [1.807, 2.05) is 38.1 Å². The number of nitrogens with zero attached hydrogens (tertiary/aromatic N) is 1. The van der Waals surface area contributed by atoms with Gasteiger partial charge in [0.1, 0.15) is 17.4 Å². The first-order valence-corrected chi connectivity index (χ1v) is 11.0. The molecule has 2 amide bonds. The predicted molar refractivity (Wildman–Crippen MR) is 135 cm³/mol. The zero-order valence-corrected chi connectivity index (χ0v) is 20.0. The minimum Gasteiger partial charge on any atom is -0.483 e. The number of nitriles is 1. The number of benzene rings is 3. The Kier molecular flexibility index (Phi) is 8.31. The molecule has 0 unspecified atom stereocenters. The van der Waals surface area contributed by atoms with E-state index in [-0.39, 0.29) is 18.1 Å². The van der Waals surface area contributed by atoms with Crippen molar-refractivity contribution in [3.05, 3.63) is 93.0 Å². The summed E-state index contributed by atoms with van der Waals surface area (Å²) in [6, 6.07) is 18.9. The van der Waals surface area contributed by atoms with Crippen molar-refractivity contribution in [2.24, 2.45) is 0 Å². The quantitative estimate of drug-likeness (QED) is 0.304. The number of carbonyl (C=O) groups is 2. The maximum absolute atomic E-state index is 12.6. The molecule has 3 rings (SSSR count). The number of carbonyl (C=O) groups excluding carboxylic acids is 2. The van der Waals surface area contributed by atoms with Gasteiger partial charge in [-0.05, 0) is 79.6 Å². The van der Waals surface area contributed by atoms with Crippen molar-refractivity contribution in [2.45, 2.75) is 13.8 Å². The Morgan fingerprint density at radius 3 is 2.38 bits per heavy atom. The van der Waals surface area contributed by atoms with Gasteiger partial charge in [-0.3, -0.25) is 9.59 Å². The van der Waals surface area contributed by atoms with Gasteiger partial charge in [-0.1, -0.05) is 35.3 Å². The van der Waals surface area contributed by atoms with Crippen molar-refractivity contribution in [2.75, 3.05) is 17.2 Å². The minimum absolute atomic E-state index is 0.165. The van der Waals surface area contributed by atoms with Gasteiger partial charge >= 0.3 is 0 Å². The largest absolute Gasteiger partial charge is 0.483 e. The van der Waals surface area contributed by atoms with E-state index in [0.29, 0.717) is 32.7 Å². The van der Waals surface area contributed by atoms with Crippen LogP contribution in [0, 0.1) is 25.2 Å². The van der Waals surface area contributed by atoms with Gasteiger partial charge < -0.3 is 15.4 Å². The van der Waals surface area contributed by atoms with Crippen LogP contribution in [0.4, 0.5) is 11.4 Å². The first-order valence-electron chi connectivity index (χ1n) is 10.2. The molecule has 0 saturated carbocycles. The lowest BCUT2D eigenvalue weighted by Crippen LogP contribution is -2.21. The molecule has 0 aliphatic heterocycles. The van der Waals surface area contributed by atoms with Gasteiger partial charge in [0.2, 0.25) is 0 Å². The Hall–Kier alpha value is -3.79.